The van der Waals surface area contributed by atoms with Crippen molar-refractivity contribution in [2.45, 2.75) is 20.4 Å². The Morgan fingerprint density at radius 1 is 1.05 bits per heavy atom. The fraction of sp³-hybridized carbons (Fsp3) is 0.250. The van der Waals surface area contributed by atoms with Crippen LogP contribution >= 0.6 is 11.6 Å². The van der Waals surface area contributed by atoms with Gasteiger partial charge in [-0.15, -0.1) is 0 Å². The molecule has 3 heteroatoms. The van der Waals surface area contributed by atoms with E-state index in [4.69, 9.17) is 17.3 Å². The maximum atomic E-state index is 6.02. The summed E-state index contributed by atoms with van der Waals surface area (Å²) in [5, 5.41) is 0.721. The van der Waals surface area contributed by atoms with Gasteiger partial charge >= 0.3 is 0 Å². The SMILES string of the molecule is Cc1ccc(N(C)c2ccc(Cl)cc2CN)c(C)c1. The van der Waals surface area contributed by atoms with E-state index in [0.717, 1.165) is 16.3 Å². The molecule has 0 saturated carbocycles. The molecule has 0 saturated heterocycles. The molecule has 2 rings (SSSR count). The van der Waals surface area contributed by atoms with Gasteiger partial charge in [0.1, 0.15) is 0 Å². The molecular weight excluding hydrogens is 256 g/mol. The Labute approximate surface area is 119 Å². The van der Waals surface area contributed by atoms with Crippen molar-refractivity contribution in [2.24, 2.45) is 5.73 Å². The predicted octanol–water partition coefficient (Wildman–Crippen LogP) is 4.18. The summed E-state index contributed by atoms with van der Waals surface area (Å²) in [6.07, 6.45) is 0. The summed E-state index contributed by atoms with van der Waals surface area (Å²) in [6, 6.07) is 12.3. The zero-order chi connectivity index (χ0) is 14.0. The first-order chi connectivity index (χ1) is 9.02. The minimum absolute atomic E-state index is 0.477. The topological polar surface area (TPSA) is 29.3 Å². The lowest BCUT2D eigenvalue weighted by molar-refractivity contribution is 1.04. The van der Waals surface area contributed by atoms with E-state index in [2.05, 4.69) is 44.0 Å². The molecule has 100 valence electrons. The summed E-state index contributed by atoms with van der Waals surface area (Å²) in [5.41, 5.74) is 11.7. The van der Waals surface area contributed by atoms with Crippen LogP contribution in [0.2, 0.25) is 5.02 Å². The highest BCUT2D eigenvalue weighted by Gasteiger charge is 2.11. The highest BCUT2D eigenvalue weighted by atomic mass is 35.5. The minimum atomic E-state index is 0.477. The van der Waals surface area contributed by atoms with Gasteiger partial charge < -0.3 is 10.6 Å². The lowest BCUT2D eigenvalue weighted by Crippen LogP contribution is -2.14. The number of rotatable bonds is 3. The Kier molecular flexibility index (Phi) is 4.13. The third-order valence-electron chi connectivity index (χ3n) is 3.34. The maximum Gasteiger partial charge on any atom is 0.0454 e. The number of hydrogen-bond acceptors (Lipinski definition) is 2. The van der Waals surface area contributed by atoms with Crippen LogP contribution < -0.4 is 10.6 Å². The van der Waals surface area contributed by atoms with Gasteiger partial charge in [-0.25, -0.2) is 0 Å². The summed E-state index contributed by atoms with van der Waals surface area (Å²) in [5.74, 6) is 0. The molecule has 2 aromatic carbocycles. The van der Waals surface area contributed by atoms with Gasteiger partial charge in [-0.2, -0.15) is 0 Å². The highest BCUT2D eigenvalue weighted by molar-refractivity contribution is 6.30. The molecule has 2 aromatic rings. The van der Waals surface area contributed by atoms with E-state index in [1.54, 1.807) is 0 Å². The van der Waals surface area contributed by atoms with Crippen LogP contribution in [0.15, 0.2) is 36.4 Å². The van der Waals surface area contributed by atoms with E-state index in [1.807, 2.05) is 18.2 Å². The zero-order valence-electron chi connectivity index (χ0n) is 11.6. The van der Waals surface area contributed by atoms with Crippen molar-refractivity contribution < 1.29 is 0 Å². The summed E-state index contributed by atoms with van der Waals surface area (Å²) in [4.78, 5) is 2.16. The molecule has 0 aliphatic rings. The number of nitrogens with two attached hydrogens (primary N) is 1. The molecule has 2 nitrogen and oxygen atoms in total. The number of hydrogen-bond donors (Lipinski definition) is 1. The van der Waals surface area contributed by atoms with Gasteiger partial charge in [0.2, 0.25) is 0 Å². The molecular formula is C16H19ClN2. The Hall–Kier alpha value is -1.51. The van der Waals surface area contributed by atoms with Gasteiger partial charge in [-0.1, -0.05) is 29.3 Å². The third-order valence-corrected chi connectivity index (χ3v) is 3.57. The summed E-state index contributed by atoms with van der Waals surface area (Å²) >= 11 is 6.02. The van der Waals surface area contributed by atoms with Crippen LogP contribution in [0, 0.1) is 13.8 Å². The van der Waals surface area contributed by atoms with Gasteiger partial charge in [0.15, 0.2) is 0 Å². The number of benzene rings is 2. The second-order valence-electron chi connectivity index (χ2n) is 4.83. The molecule has 0 aromatic heterocycles. The molecule has 0 aliphatic carbocycles. The van der Waals surface area contributed by atoms with E-state index >= 15 is 0 Å². The molecule has 0 bridgehead atoms. The van der Waals surface area contributed by atoms with Gasteiger partial charge in [-0.05, 0) is 49.2 Å². The van der Waals surface area contributed by atoms with Crippen LogP contribution in [-0.4, -0.2) is 7.05 Å². The van der Waals surface area contributed by atoms with E-state index in [1.165, 1.54) is 16.8 Å². The smallest absolute Gasteiger partial charge is 0.0454 e. The van der Waals surface area contributed by atoms with E-state index in [9.17, 15) is 0 Å². The first-order valence-electron chi connectivity index (χ1n) is 6.32. The molecule has 0 spiro atoms. The van der Waals surface area contributed by atoms with Crippen molar-refractivity contribution in [1.29, 1.82) is 0 Å². The number of halogens is 1. The van der Waals surface area contributed by atoms with Crippen molar-refractivity contribution >= 4 is 23.0 Å². The molecule has 0 aliphatic heterocycles. The van der Waals surface area contributed by atoms with Crippen LogP contribution in [0.3, 0.4) is 0 Å². The molecule has 2 N–H and O–H groups in total. The summed E-state index contributed by atoms with van der Waals surface area (Å²) < 4.78 is 0. The first-order valence-corrected chi connectivity index (χ1v) is 6.70. The van der Waals surface area contributed by atoms with Crippen LogP contribution in [0.4, 0.5) is 11.4 Å². The van der Waals surface area contributed by atoms with E-state index < -0.39 is 0 Å². The number of aryl methyl sites for hydroxylation is 2. The monoisotopic (exact) mass is 274 g/mol. The lowest BCUT2D eigenvalue weighted by Gasteiger charge is -2.24. The van der Waals surface area contributed by atoms with Crippen LogP contribution in [0.25, 0.3) is 0 Å². The summed E-state index contributed by atoms with van der Waals surface area (Å²) in [7, 11) is 2.06. The minimum Gasteiger partial charge on any atom is -0.344 e. The van der Waals surface area contributed by atoms with Gasteiger partial charge in [0.05, 0.1) is 0 Å². The van der Waals surface area contributed by atoms with E-state index in [-0.39, 0.29) is 0 Å². The van der Waals surface area contributed by atoms with Gasteiger partial charge in [0, 0.05) is 30.0 Å². The van der Waals surface area contributed by atoms with Gasteiger partial charge in [-0.3, -0.25) is 0 Å². The molecule has 0 heterocycles. The number of nitrogens with zero attached hydrogens (tertiary/aromatic N) is 1. The average Bonchev–Trinajstić information content (AvgIpc) is 2.37. The Balaban J connectivity index is 2.46. The Morgan fingerprint density at radius 2 is 1.74 bits per heavy atom. The molecule has 0 radical (unpaired) electrons. The maximum absolute atomic E-state index is 6.02. The second kappa shape index (κ2) is 5.64. The molecule has 19 heavy (non-hydrogen) atoms. The van der Waals surface area contributed by atoms with Gasteiger partial charge in [0.25, 0.3) is 0 Å². The van der Waals surface area contributed by atoms with Crippen LogP contribution in [0.5, 0.6) is 0 Å². The molecule has 0 fully saturated rings. The van der Waals surface area contributed by atoms with Crippen LogP contribution in [-0.2, 0) is 6.54 Å². The zero-order valence-corrected chi connectivity index (χ0v) is 12.3. The highest BCUT2D eigenvalue weighted by Crippen LogP contribution is 2.31. The van der Waals surface area contributed by atoms with Crippen LogP contribution in [0.1, 0.15) is 16.7 Å². The van der Waals surface area contributed by atoms with Crippen molar-refractivity contribution in [2.75, 3.05) is 11.9 Å². The average molecular weight is 275 g/mol. The second-order valence-corrected chi connectivity index (χ2v) is 5.26. The fourth-order valence-corrected chi connectivity index (χ4v) is 2.55. The quantitative estimate of drug-likeness (QED) is 0.910. The Morgan fingerprint density at radius 3 is 2.37 bits per heavy atom. The van der Waals surface area contributed by atoms with Crippen molar-refractivity contribution in [1.82, 2.24) is 0 Å². The van der Waals surface area contributed by atoms with E-state index in [0.29, 0.717) is 6.54 Å². The van der Waals surface area contributed by atoms with Crippen molar-refractivity contribution in [3.8, 4) is 0 Å². The molecule has 0 unspecified atom stereocenters. The normalized spacial score (nSPS) is 10.6. The van der Waals surface area contributed by atoms with Crippen molar-refractivity contribution in [3.05, 3.63) is 58.1 Å². The molecule has 0 atom stereocenters. The third kappa shape index (κ3) is 2.91. The van der Waals surface area contributed by atoms with Crippen molar-refractivity contribution in [3.63, 3.8) is 0 Å². The fourth-order valence-electron chi connectivity index (χ4n) is 2.36. The predicted molar refractivity (Wildman–Crippen MR) is 83.3 cm³/mol. The lowest BCUT2D eigenvalue weighted by atomic mass is 10.1. The molecule has 0 amide bonds. The number of anilines is 2. The standard InChI is InChI=1S/C16H19ClN2/c1-11-4-6-15(12(2)8-11)19(3)16-7-5-14(17)9-13(16)10-18/h4-9H,10,18H2,1-3H3. The Bertz CT molecular complexity index is 593. The largest absolute Gasteiger partial charge is 0.344 e. The first kappa shape index (κ1) is 13.9. The summed E-state index contributed by atoms with van der Waals surface area (Å²) in [6.45, 7) is 4.70.